The third-order valence-corrected chi connectivity index (χ3v) is 6.22. The number of rotatable bonds is 9. The van der Waals surface area contributed by atoms with Gasteiger partial charge in [-0.25, -0.2) is 4.21 Å². The van der Waals surface area contributed by atoms with Gasteiger partial charge in [0.25, 0.3) is 17.8 Å². The number of oxazole rings is 1. The molecule has 0 saturated carbocycles. The van der Waals surface area contributed by atoms with Crippen molar-refractivity contribution in [3.8, 4) is 11.6 Å². The van der Waals surface area contributed by atoms with E-state index in [9.17, 15) is 13.0 Å². The van der Waals surface area contributed by atoms with E-state index in [-0.39, 0.29) is 17.6 Å². The first-order valence-electron chi connectivity index (χ1n) is 8.49. The number of halogens is 3. The van der Waals surface area contributed by atoms with Gasteiger partial charge < -0.3 is 14.2 Å². The van der Waals surface area contributed by atoms with Crippen LogP contribution in [0.4, 0.5) is 20.5 Å². The summed E-state index contributed by atoms with van der Waals surface area (Å²) in [6, 6.07) is 7.12. The summed E-state index contributed by atoms with van der Waals surface area (Å²) in [6.07, 6.45) is -1.66. The Labute approximate surface area is 171 Å². The second-order valence-electron chi connectivity index (χ2n) is 5.85. The summed E-state index contributed by atoms with van der Waals surface area (Å²) < 4.78 is 49.7. The van der Waals surface area contributed by atoms with E-state index in [1.54, 1.807) is 35.5 Å². The molecule has 0 saturated heterocycles. The van der Waals surface area contributed by atoms with E-state index in [1.165, 1.54) is 6.26 Å². The number of nitrogens with one attached hydrogen (secondary N) is 1. The molecule has 0 fully saturated rings. The normalized spacial score (nSPS) is 13.4. The molecule has 1 atom stereocenters. The van der Waals surface area contributed by atoms with E-state index < -0.39 is 22.0 Å². The minimum atomic E-state index is -2.87. The molecule has 8 nitrogen and oxygen atoms in total. The second kappa shape index (κ2) is 8.78. The first-order chi connectivity index (χ1) is 13.8. The molecule has 12 heteroatoms. The molecule has 0 aliphatic carbocycles. The minimum absolute atomic E-state index is 0.119. The summed E-state index contributed by atoms with van der Waals surface area (Å²) >= 11 is 6.05. The number of aromatic nitrogens is 3. The van der Waals surface area contributed by atoms with Crippen LogP contribution < -0.4 is 9.62 Å². The van der Waals surface area contributed by atoms with Crippen molar-refractivity contribution in [2.24, 2.45) is 0 Å². The highest BCUT2D eigenvalue weighted by atomic mass is 35.5. The zero-order chi connectivity index (χ0) is 21.0. The number of alkyl halides is 2. The largest absolute Gasteiger partial charge is 0.431 e. The van der Waals surface area contributed by atoms with Crippen molar-refractivity contribution in [1.82, 2.24) is 15.2 Å². The molecule has 1 unspecified atom stereocenters. The lowest BCUT2D eigenvalue weighted by Crippen LogP contribution is -2.36. The zero-order valence-corrected chi connectivity index (χ0v) is 16.9. The number of benzene rings is 1. The summed E-state index contributed by atoms with van der Waals surface area (Å²) in [6.45, 7) is 2.42. The van der Waals surface area contributed by atoms with Crippen LogP contribution >= 0.6 is 11.6 Å². The average molecular weight is 446 g/mol. The lowest BCUT2D eigenvalue weighted by atomic mass is 10.3. The Morgan fingerprint density at radius 3 is 2.83 bits per heavy atom. The van der Waals surface area contributed by atoms with E-state index in [2.05, 4.69) is 26.4 Å². The van der Waals surface area contributed by atoms with Crippen LogP contribution in [0.5, 0.6) is 0 Å². The van der Waals surface area contributed by atoms with Gasteiger partial charge in [-0.1, -0.05) is 24.6 Å². The third-order valence-electron chi connectivity index (χ3n) is 3.89. The van der Waals surface area contributed by atoms with Crippen molar-refractivity contribution >= 4 is 38.9 Å². The predicted molar refractivity (Wildman–Crippen MR) is 108 cm³/mol. The summed E-state index contributed by atoms with van der Waals surface area (Å²) in [4.78, 5) is 4.07. The Morgan fingerprint density at radius 2 is 2.17 bits per heavy atom. The molecular formula is C17H18ClF2N5O3S. The Kier molecular flexibility index (Phi) is 6.38. The van der Waals surface area contributed by atoms with Gasteiger partial charge in [0.05, 0.1) is 5.69 Å². The molecule has 1 aromatic carbocycles. The van der Waals surface area contributed by atoms with E-state index >= 15 is 0 Å². The van der Waals surface area contributed by atoms with Crippen molar-refractivity contribution in [3.63, 3.8) is 0 Å². The fourth-order valence-corrected chi connectivity index (χ4v) is 3.84. The molecule has 0 aliphatic rings. The third kappa shape index (κ3) is 5.04. The van der Waals surface area contributed by atoms with Crippen LogP contribution in [-0.2, 0) is 9.71 Å². The van der Waals surface area contributed by atoms with Crippen LogP contribution in [0.15, 0.2) is 39.4 Å². The van der Waals surface area contributed by atoms with Crippen LogP contribution in [-0.4, -0.2) is 44.1 Å². The smallest absolute Gasteiger partial charge is 0.314 e. The number of hydrogen-bond acceptors (Lipinski definition) is 7. The first-order valence-corrected chi connectivity index (χ1v) is 10.7. The summed E-state index contributed by atoms with van der Waals surface area (Å²) in [5, 5.41) is 10.2. The number of hydrogen-bond donors (Lipinski definition) is 1. The van der Waals surface area contributed by atoms with Gasteiger partial charge in [0.15, 0.2) is 5.69 Å². The molecule has 0 aliphatic heterocycles. The molecule has 0 spiro atoms. The molecule has 1 N–H and O–H groups in total. The van der Waals surface area contributed by atoms with E-state index in [1.807, 2.05) is 0 Å². The summed E-state index contributed by atoms with van der Waals surface area (Å²) in [5.41, 5.74) is 0.799. The highest BCUT2D eigenvalue weighted by Gasteiger charge is 2.20. The second-order valence-corrected chi connectivity index (χ2v) is 8.85. The van der Waals surface area contributed by atoms with Crippen LogP contribution in [0.1, 0.15) is 19.2 Å². The Bertz CT molecular complexity index is 1070. The maximum absolute atomic E-state index is 12.9. The monoisotopic (exact) mass is 445 g/mol. The fraction of sp³-hybridized carbons (Fsp3) is 0.294. The molecule has 0 radical (unpaired) electrons. The summed E-state index contributed by atoms with van der Waals surface area (Å²) in [5.74, 6) is 3.22. The Balaban J connectivity index is 1.68. The number of anilines is 2. The Morgan fingerprint density at radius 1 is 1.38 bits per heavy atom. The van der Waals surface area contributed by atoms with Crippen molar-refractivity contribution in [1.29, 1.82) is 0 Å². The predicted octanol–water partition coefficient (Wildman–Crippen LogP) is 3.89. The lowest BCUT2D eigenvalue weighted by Gasteiger charge is -2.28. The van der Waals surface area contributed by atoms with Gasteiger partial charge in [0.1, 0.15) is 6.26 Å². The maximum atomic E-state index is 12.9. The van der Waals surface area contributed by atoms with E-state index in [4.69, 9.17) is 20.4 Å². The van der Waals surface area contributed by atoms with Crippen molar-refractivity contribution in [3.05, 3.63) is 41.4 Å². The van der Waals surface area contributed by atoms with Gasteiger partial charge in [-0.05, 0) is 24.1 Å². The summed E-state index contributed by atoms with van der Waals surface area (Å²) in [7, 11) is -2.55. The molecule has 2 aromatic heterocycles. The Hall–Kier alpha value is -2.66. The van der Waals surface area contributed by atoms with Crippen molar-refractivity contribution < 1.29 is 21.8 Å². The van der Waals surface area contributed by atoms with Crippen LogP contribution in [0, 0.1) is 0 Å². The molecule has 0 amide bonds. The van der Waals surface area contributed by atoms with E-state index in [0.29, 0.717) is 29.6 Å². The highest BCUT2D eigenvalue weighted by Crippen LogP contribution is 2.24. The fourth-order valence-electron chi connectivity index (χ4n) is 2.42. The zero-order valence-electron chi connectivity index (χ0n) is 15.3. The lowest BCUT2D eigenvalue weighted by molar-refractivity contribution is 0.116. The molecular weight excluding hydrogens is 428 g/mol. The molecule has 3 aromatic rings. The quantitative estimate of drug-likeness (QED) is 0.499. The molecule has 3 rings (SSSR count). The van der Waals surface area contributed by atoms with E-state index in [0.717, 1.165) is 0 Å². The molecule has 2 heterocycles. The topological polar surface area (TPSA) is 97.3 Å². The van der Waals surface area contributed by atoms with Gasteiger partial charge in [0.2, 0.25) is 0 Å². The number of nitrogens with zero attached hydrogens (tertiary/aromatic N) is 4. The van der Waals surface area contributed by atoms with Gasteiger partial charge in [-0.3, -0.25) is 4.31 Å². The van der Waals surface area contributed by atoms with Crippen molar-refractivity contribution in [2.75, 3.05) is 28.5 Å². The molecule has 0 bridgehead atoms. The first kappa shape index (κ1) is 21.1. The van der Waals surface area contributed by atoms with Gasteiger partial charge in [0, 0.05) is 33.6 Å². The average Bonchev–Trinajstić information content (AvgIpc) is 3.34. The van der Waals surface area contributed by atoms with Crippen LogP contribution in [0.3, 0.4) is 0 Å². The van der Waals surface area contributed by atoms with Crippen molar-refractivity contribution in [2.45, 2.75) is 13.3 Å². The molecule has 29 heavy (non-hydrogen) atoms. The highest BCUT2D eigenvalue weighted by molar-refractivity contribution is 8.01. The van der Waals surface area contributed by atoms with Gasteiger partial charge in [-0.15, -0.1) is 10.2 Å². The van der Waals surface area contributed by atoms with Gasteiger partial charge >= 0.3 is 6.43 Å². The molecule has 156 valence electrons. The standard InChI is InChI=1S/C17H18ClF2N5O3S/c1-3-29(2,26)25(12-6-4-5-11(18)9-12)8-7-21-17-22-13(10-27-17)15-23-24-16(28-15)14(19)20/h4-6,9-10,14H,2-3,7-8H2,1H3,(H,21,22). The van der Waals surface area contributed by atoms with Crippen LogP contribution in [0.25, 0.3) is 11.6 Å². The maximum Gasteiger partial charge on any atom is 0.314 e. The van der Waals surface area contributed by atoms with Gasteiger partial charge in [-0.2, -0.15) is 13.8 Å². The minimum Gasteiger partial charge on any atom is -0.431 e. The van der Waals surface area contributed by atoms with Crippen LogP contribution in [0.2, 0.25) is 5.02 Å². The SMILES string of the molecule is C=S(=O)(CC)N(CCNc1nc(-c2nnc(C(F)F)o2)co1)c1cccc(Cl)c1.